The minimum Gasteiger partial charge on any atom is -0.363 e. The van der Waals surface area contributed by atoms with Gasteiger partial charge in [0.2, 0.25) is 0 Å². The van der Waals surface area contributed by atoms with Crippen molar-refractivity contribution in [2.45, 2.75) is 45.9 Å². The van der Waals surface area contributed by atoms with Crippen molar-refractivity contribution in [3.63, 3.8) is 0 Å². The Hall–Kier alpha value is -0.560. The summed E-state index contributed by atoms with van der Waals surface area (Å²) in [5.41, 5.74) is 0. The summed E-state index contributed by atoms with van der Waals surface area (Å²) in [5, 5.41) is 3.28. The summed E-state index contributed by atoms with van der Waals surface area (Å²) in [6.45, 7) is 12.2. The molecule has 1 rings (SSSR count). The first-order valence-corrected chi connectivity index (χ1v) is 6.17. The second kappa shape index (κ2) is 6.90. The Morgan fingerprint density at radius 3 is 2.50 bits per heavy atom. The van der Waals surface area contributed by atoms with Crippen LogP contribution in [0, 0.1) is 11.8 Å². The molecule has 1 aliphatic rings. The molecule has 1 N–H and O–H groups in total. The summed E-state index contributed by atoms with van der Waals surface area (Å²) in [4.78, 5) is 2.38. The van der Waals surface area contributed by atoms with Gasteiger partial charge in [0.1, 0.15) is 6.10 Å². The molecule has 0 aromatic carbocycles. The van der Waals surface area contributed by atoms with Crippen molar-refractivity contribution in [2.24, 2.45) is 0 Å². The summed E-state index contributed by atoms with van der Waals surface area (Å²) in [7, 11) is 0. The fraction of sp³-hybridized carbons (Fsp3) is 0.846. The Bertz CT molecular complexity index is 238. The third-order valence-electron chi connectivity index (χ3n) is 2.78. The van der Waals surface area contributed by atoms with Gasteiger partial charge in [0.25, 0.3) is 0 Å². The van der Waals surface area contributed by atoms with E-state index in [1.165, 1.54) is 0 Å². The van der Waals surface area contributed by atoms with E-state index in [4.69, 9.17) is 4.74 Å². The lowest BCUT2D eigenvalue weighted by atomic mass is 10.2. The molecule has 0 spiro atoms. The number of rotatable bonds is 3. The third kappa shape index (κ3) is 4.52. The molecule has 0 saturated carbocycles. The number of nitrogens with zero attached hydrogens (tertiary/aromatic N) is 1. The van der Waals surface area contributed by atoms with Crippen molar-refractivity contribution in [3.05, 3.63) is 0 Å². The lowest BCUT2D eigenvalue weighted by molar-refractivity contribution is 0.0649. The van der Waals surface area contributed by atoms with E-state index >= 15 is 0 Å². The van der Waals surface area contributed by atoms with Crippen LogP contribution in [-0.4, -0.2) is 49.3 Å². The zero-order chi connectivity index (χ0) is 12.0. The smallest absolute Gasteiger partial charge is 0.130 e. The maximum atomic E-state index is 5.53. The van der Waals surface area contributed by atoms with Gasteiger partial charge in [-0.2, -0.15) is 0 Å². The van der Waals surface area contributed by atoms with Gasteiger partial charge in [-0.25, -0.2) is 0 Å². The number of hydrogen-bond donors (Lipinski definition) is 1. The van der Waals surface area contributed by atoms with Gasteiger partial charge >= 0.3 is 0 Å². The van der Waals surface area contributed by atoms with E-state index in [-0.39, 0.29) is 6.10 Å². The van der Waals surface area contributed by atoms with E-state index in [0.29, 0.717) is 12.1 Å². The Labute approximate surface area is 99.5 Å². The Morgan fingerprint density at radius 1 is 1.31 bits per heavy atom. The van der Waals surface area contributed by atoms with Crippen molar-refractivity contribution >= 4 is 0 Å². The molecule has 0 radical (unpaired) electrons. The lowest BCUT2D eigenvalue weighted by Crippen LogP contribution is -2.38. The lowest BCUT2D eigenvalue weighted by Gasteiger charge is -2.28. The van der Waals surface area contributed by atoms with E-state index in [1.54, 1.807) is 0 Å². The summed E-state index contributed by atoms with van der Waals surface area (Å²) in [6.07, 6.45) is 0.0786. The molecule has 3 heteroatoms. The minimum absolute atomic E-state index is 0.0786. The fourth-order valence-corrected chi connectivity index (χ4v) is 1.87. The Kier molecular flexibility index (Phi) is 5.83. The summed E-state index contributed by atoms with van der Waals surface area (Å²) in [5.74, 6) is 6.41. The van der Waals surface area contributed by atoms with E-state index in [2.05, 4.69) is 49.8 Å². The number of hydrogen-bond acceptors (Lipinski definition) is 3. The largest absolute Gasteiger partial charge is 0.363 e. The fourth-order valence-electron chi connectivity index (χ4n) is 1.87. The highest BCUT2D eigenvalue weighted by molar-refractivity contribution is 5.08. The Balaban J connectivity index is 2.38. The van der Waals surface area contributed by atoms with Crippen LogP contribution >= 0.6 is 0 Å². The minimum atomic E-state index is 0.0786. The first-order chi connectivity index (χ1) is 7.61. The standard InChI is InChI=1S/C13H24N2O/c1-11(2)15(12(3)4)8-5-6-13-10-14-7-9-16-13/h11-14H,7-10H2,1-4H3. The van der Waals surface area contributed by atoms with Gasteiger partial charge in [-0.05, 0) is 27.7 Å². The van der Waals surface area contributed by atoms with Crippen LogP contribution in [0.25, 0.3) is 0 Å². The van der Waals surface area contributed by atoms with Crippen LogP contribution in [0.5, 0.6) is 0 Å². The predicted molar refractivity (Wildman–Crippen MR) is 67.4 cm³/mol. The molecular formula is C13H24N2O. The quantitative estimate of drug-likeness (QED) is 0.727. The molecule has 0 aromatic rings. The summed E-state index contributed by atoms with van der Waals surface area (Å²) < 4.78 is 5.53. The van der Waals surface area contributed by atoms with Gasteiger partial charge in [0.15, 0.2) is 0 Å². The topological polar surface area (TPSA) is 24.5 Å². The molecule has 16 heavy (non-hydrogen) atoms. The van der Waals surface area contributed by atoms with Crippen LogP contribution in [0.1, 0.15) is 27.7 Å². The number of ether oxygens (including phenoxy) is 1. The molecular weight excluding hydrogens is 200 g/mol. The predicted octanol–water partition coefficient (Wildman–Crippen LogP) is 1.10. The first-order valence-electron chi connectivity index (χ1n) is 6.17. The first kappa shape index (κ1) is 13.5. The summed E-state index contributed by atoms with van der Waals surface area (Å²) >= 11 is 0. The highest BCUT2D eigenvalue weighted by Crippen LogP contribution is 2.03. The molecule has 0 bridgehead atoms. The van der Waals surface area contributed by atoms with E-state index in [1.807, 2.05) is 0 Å². The molecule has 1 atom stereocenters. The van der Waals surface area contributed by atoms with Crippen molar-refractivity contribution in [2.75, 3.05) is 26.2 Å². The van der Waals surface area contributed by atoms with E-state index < -0.39 is 0 Å². The molecule has 0 amide bonds. The van der Waals surface area contributed by atoms with Gasteiger partial charge in [0, 0.05) is 25.2 Å². The molecule has 1 unspecified atom stereocenters. The Morgan fingerprint density at radius 2 is 2.00 bits per heavy atom. The molecule has 1 heterocycles. The van der Waals surface area contributed by atoms with Gasteiger partial charge in [-0.3, -0.25) is 4.90 Å². The van der Waals surface area contributed by atoms with Gasteiger partial charge in [-0.15, -0.1) is 0 Å². The average molecular weight is 224 g/mol. The average Bonchev–Trinajstić information content (AvgIpc) is 2.24. The van der Waals surface area contributed by atoms with Gasteiger partial charge < -0.3 is 10.1 Å². The molecule has 0 aromatic heterocycles. The second-order valence-electron chi connectivity index (χ2n) is 4.74. The van der Waals surface area contributed by atoms with Crippen molar-refractivity contribution < 1.29 is 4.74 Å². The zero-order valence-corrected chi connectivity index (χ0v) is 10.9. The molecule has 0 aliphatic carbocycles. The van der Waals surface area contributed by atoms with Gasteiger partial charge in [0.05, 0.1) is 13.2 Å². The number of nitrogens with one attached hydrogen (secondary N) is 1. The van der Waals surface area contributed by atoms with E-state index in [9.17, 15) is 0 Å². The highest BCUT2D eigenvalue weighted by atomic mass is 16.5. The highest BCUT2D eigenvalue weighted by Gasteiger charge is 2.12. The zero-order valence-electron chi connectivity index (χ0n) is 10.9. The van der Waals surface area contributed by atoms with Crippen LogP contribution in [0.2, 0.25) is 0 Å². The van der Waals surface area contributed by atoms with Crippen molar-refractivity contribution in [3.8, 4) is 11.8 Å². The monoisotopic (exact) mass is 224 g/mol. The maximum Gasteiger partial charge on any atom is 0.130 e. The molecule has 1 saturated heterocycles. The molecule has 3 nitrogen and oxygen atoms in total. The third-order valence-corrected chi connectivity index (χ3v) is 2.78. The molecule has 1 aliphatic heterocycles. The van der Waals surface area contributed by atoms with Crippen LogP contribution in [-0.2, 0) is 4.74 Å². The SMILES string of the molecule is CC(C)N(CC#CC1CNCCO1)C(C)C. The maximum absolute atomic E-state index is 5.53. The van der Waals surface area contributed by atoms with Crippen molar-refractivity contribution in [1.82, 2.24) is 10.2 Å². The molecule has 1 fully saturated rings. The van der Waals surface area contributed by atoms with Crippen LogP contribution < -0.4 is 5.32 Å². The van der Waals surface area contributed by atoms with Crippen molar-refractivity contribution in [1.29, 1.82) is 0 Å². The molecule has 92 valence electrons. The van der Waals surface area contributed by atoms with Crippen LogP contribution in [0.4, 0.5) is 0 Å². The normalized spacial score (nSPS) is 21.3. The van der Waals surface area contributed by atoms with Gasteiger partial charge in [-0.1, -0.05) is 11.8 Å². The number of morpholine rings is 1. The van der Waals surface area contributed by atoms with E-state index in [0.717, 1.165) is 26.2 Å². The van der Waals surface area contributed by atoms with Crippen LogP contribution in [0.3, 0.4) is 0 Å². The second-order valence-corrected chi connectivity index (χ2v) is 4.74. The van der Waals surface area contributed by atoms with Crippen LogP contribution in [0.15, 0.2) is 0 Å². The summed E-state index contributed by atoms with van der Waals surface area (Å²) in [6, 6.07) is 1.08.